The molecule has 0 saturated carbocycles. The Morgan fingerprint density at radius 3 is 2.39 bits per heavy atom. The molecule has 2 aromatic rings. The quantitative estimate of drug-likeness (QED) is 0.839. The lowest BCUT2D eigenvalue weighted by atomic mass is 10.2. The van der Waals surface area contributed by atoms with Crippen LogP contribution in [0.2, 0.25) is 0 Å². The van der Waals surface area contributed by atoms with Gasteiger partial charge in [-0.05, 0) is 43.7 Å². The lowest BCUT2D eigenvalue weighted by molar-refractivity contribution is -0.115. The summed E-state index contributed by atoms with van der Waals surface area (Å²) in [5.74, 6) is -0.160. The number of rotatable bonds is 5. The van der Waals surface area contributed by atoms with Crippen LogP contribution in [0.3, 0.4) is 0 Å². The second-order valence-electron chi connectivity index (χ2n) is 5.31. The Kier molecular flexibility index (Phi) is 5.49. The highest BCUT2D eigenvalue weighted by Gasteiger charge is 2.16. The Hall–Kier alpha value is -1.79. The van der Waals surface area contributed by atoms with Gasteiger partial charge in [0.25, 0.3) is 0 Å². The normalized spacial score (nSPS) is 12.7. The number of nitrogens with one attached hydrogen (secondary N) is 1. The summed E-state index contributed by atoms with van der Waals surface area (Å²) in [5.41, 5.74) is 1.35. The molecule has 0 aliphatic rings. The predicted molar refractivity (Wildman–Crippen MR) is 94.7 cm³/mol. The van der Waals surface area contributed by atoms with E-state index in [-0.39, 0.29) is 16.1 Å². The van der Waals surface area contributed by atoms with Crippen molar-refractivity contribution in [1.82, 2.24) is 0 Å². The number of anilines is 1. The average Bonchev–Trinajstić information content (AvgIpc) is 2.49. The molecule has 2 rings (SSSR count). The van der Waals surface area contributed by atoms with Crippen LogP contribution < -0.4 is 5.32 Å². The van der Waals surface area contributed by atoms with Crippen LogP contribution >= 0.6 is 11.8 Å². The van der Waals surface area contributed by atoms with Crippen molar-refractivity contribution in [3.8, 4) is 0 Å². The maximum Gasteiger partial charge on any atom is 0.237 e. The van der Waals surface area contributed by atoms with E-state index >= 15 is 0 Å². The van der Waals surface area contributed by atoms with E-state index in [1.807, 2.05) is 44.2 Å². The molecule has 0 aliphatic heterocycles. The third-order valence-corrected chi connectivity index (χ3v) is 5.54. The molecular weight excluding hydrogens is 330 g/mol. The maximum atomic E-state index is 12.3. The van der Waals surface area contributed by atoms with E-state index in [1.165, 1.54) is 17.8 Å². The zero-order valence-corrected chi connectivity index (χ0v) is 14.9. The van der Waals surface area contributed by atoms with E-state index in [2.05, 4.69) is 5.32 Å². The van der Waals surface area contributed by atoms with Crippen LogP contribution in [-0.4, -0.2) is 25.8 Å². The van der Waals surface area contributed by atoms with Crippen LogP contribution in [0.25, 0.3) is 0 Å². The SMILES string of the molecule is Cc1ccc(S(C)(=O)=O)cc1NC(=O)[C@H](C)Sc1ccccc1. The first kappa shape index (κ1) is 17.6. The Balaban J connectivity index is 2.13. The zero-order chi connectivity index (χ0) is 17.0. The molecule has 0 bridgehead atoms. The largest absolute Gasteiger partial charge is 0.325 e. The van der Waals surface area contributed by atoms with E-state index < -0.39 is 9.84 Å². The highest BCUT2D eigenvalue weighted by molar-refractivity contribution is 8.00. The zero-order valence-electron chi connectivity index (χ0n) is 13.2. The molecular formula is C17H19NO3S2. The van der Waals surface area contributed by atoms with E-state index in [9.17, 15) is 13.2 Å². The summed E-state index contributed by atoms with van der Waals surface area (Å²) in [6.45, 7) is 3.65. The molecule has 0 spiro atoms. The smallest absolute Gasteiger partial charge is 0.237 e. The highest BCUT2D eigenvalue weighted by Crippen LogP contribution is 2.25. The molecule has 0 fully saturated rings. The second-order valence-corrected chi connectivity index (χ2v) is 8.74. The minimum Gasteiger partial charge on any atom is -0.325 e. The molecule has 122 valence electrons. The fourth-order valence-electron chi connectivity index (χ4n) is 1.96. The van der Waals surface area contributed by atoms with Crippen molar-refractivity contribution in [2.75, 3.05) is 11.6 Å². The number of sulfone groups is 1. The highest BCUT2D eigenvalue weighted by atomic mass is 32.2. The van der Waals surface area contributed by atoms with Gasteiger partial charge in [-0.25, -0.2) is 8.42 Å². The Morgan fingerprint density at radius 2 is 1.78 bits per heavy atom. The molecule has 1 N–H and O–H groups in total. The van der Waals surface area contributed by atoms with Crippen molar-refractivity contribution in [3.63, 3.8) is 0 Å². The molecule has 2 aromatic carbocycles. The number of hydrogen-bond donors (Lipinski definition) is 1. The molecule has 0 heterocycles. The molecule has 1 atom stereocenters. The molecule has 6 heteroatoms. The molecule has 4 nitrogen and oxygen atoms in total. The molecule has 23 heavy (non-hydrogen) atoms. The number of benzene rings is 2. The maximum absolute atomic E-state index is 12.3. The monoisotopic (exact) mass is 349 g/mol. The van der Waals surface area contributed by atoms with Crippen LogP contribution in [0.4, 0.5) is 5.69 Å². The number of carbonyl (C=O) groups is 1. The van der Waals surface area contributed by atoms with Crippen molar-refractivity contribution < 1.29 is 13.2 Å². The summed E-state index contributed by atoms with van der Waals surface area (Å²) < 4.78 is 23.3. The van der Waals surface area contributed by atoms with Crippen LogP contribution in [0, 0.1) is 6.92 Å². The van der Waals surface area contributed by atoms with Crippen molar-refractivity contribution >= 4 is 33.2 Å². The molecule has 0 aliphatic carbocycles. The molecule has 0 unspecified atom stereocenters. The van der Waals surface area contributed by atoms with Crippen molar-refractivity contribution in [2.24, 2.45) is 0 Å². The summed E-state index contributed by atoms with van der Waals surface area (Å²) in [7, 11) is -3.30. The van der Waals surface area contributed by atoms with Gasteiger partial charge in [0.15, 0.2) is 9.84 Å². The Labute approximate surface area is 141 Å². The van der Waals surface area contributed by atoms with Gasteiger partial charge in [-0.3, -0.25) is 4.79 Å². The van der Waals surface area contributed by atoms with Gasteiger partial charge in [0, 0.05) is 16.8 Å². The summed E-state index contributed by atoms with van der Waals surface area (Å²) >= 11 is 1.46. The van der Waals surface area contributed by atoms with E-state index in [4.69, 9.17) is 0 Å². The van der Waals surface area contributed by atoms with Crippen LogP contribution in [0.1, 0.15) is 12.5 Å². The van der Waals surface area contributed by atoms with Crippen LogP contribution in [-0.2, 0) is 14.6 Å². The first-order valence-electron chi connectivity index (χ1n) is 7.10. The molecule has 0 radical (unpaired) electrons. The topological polar surface area (TPSA) is 63.2 Å². The van der Waals surface area contributed by atoms with Gasteiger partial charge in [-0.1, -0.05) is 24.3 Å². The van der Waals surface area contributed by atoms with Gasteiger partial charge in [0.2, 0.25) is 5.91 Å². The van der Waals surface area contributed by atoms with Gasteiger partial charge < -0.3 is 5.32 Å². The van der Waals surface area contributed by atoms with Gasteiger partial charge in [0.1, 0.15) is 0 Å². The number of carbonyl (C=O) groups excluding carboxylic acids is 1. The molecule has 1 amide bonds. The minimum absolute atomic E-state index is 0.160. The van der Waals surface area contributed by atoms with Crippen molar-refractivity contribution in [3.05, 3.63) is 54.1 Å². The summed E-state index contributed by atoms with van der Waals surface area (Å²) in [6.07, 6.45) is 1.15. The fraction of sp³-hybridized carbons (Fsp3) is 0.235. The number of hydrogen-bond acceptors (Lipinski definition) is 4. The number of aryl methyl sites for hydroxylation is 1. The molecule has 0 aromatic heterocycles. The first-order valence-corrected chi connectivity index (χ1v) is 9.88. The summed E-state index contributed by atoms with van der Waals surface area (Å²) in [5, 5.41) is 2.53. The fourth-order valence-corrected chi connectivity index (χ4v) is 3.49. The van der Waals surface area contributed by atoms with Crippen molar-refractivity contribution in [2.45, 2.75) is 28.9 Å². The average molecular weight is 349 g/mol. The summed E-state index contributed by atoms with van der Waals surface area (Å²) in [6, 6.07) is 14.4. The lowest BCUT2D eigenvalue weighted by Gasteiger charge is -2.14. The van der Waals surface area contributed by atoms with Gasteiger partial charge in [-0.15, -0.1) is 11.8 Å². The van der Waals surface area contributed by atoms with E-state index in [0.29, 0.717) is 5.69 Å². The van der Waals surface area contributed by atoms with Gasteiger partial charge in [-0.2, -0.15) is 0 Å². The Morgan fingerprint density at radius 1 is 1.13 bits per heavy atom. The first-order chi connectivity index (χ1) is 10.8. The third kappa shape index (κ3) is 4.84. The Bertz CT molecular complexity index is 802. The van der Waals surface area contributed by atoms with Gasteiger partial charge in [0.05, 0.1) is 10.1 Å². The van der Waals surface area contributed by atoms with E-state index in [0.717, 1.165) is 16.7 Å². The van der Waals surface area contributed by atoms with Crippen LogP contribution in [0.5, 0.6) is 0 Å². The van der Waals surface area contributed by atoms with Crippen LogP contribution in [0.15, 0.2) is 58.3 Å². The molecule has 0 saturated heterocycles. The van der Waals surface area contributed by atoms with Gasteiger partial charge >= 0.3 is 0 Å². The summed E-state index contributed by atoms with van der Waals surface area (Å²) in [4.78, 5) is 13.6. The second kappa shape index (κ2) is 7.19. The lowest BCUT2D eigenvalue weighted by Crippen LogP contribution is -2.23. The number of thioether (sulfide) groups is 1. The standard InChI is InChI=1S/C17H19NO3S2/c1-12-9-10-15(23(3,20)21)11-16(12)18-17(19)13(2)22-14-7-5-4-6-8-14/h4-11,13H,1-3H3,(H,18,19)/t13-/m0/s1. The predicted octanol–water partition coefficient (Wildman–Crippen LogP) is 3.52. The van der Waals surface area contributed by atoms with Crippen molar-refractivity contribution in [1.29, 1.82) is 0 Å². The number of amides is 1. The third-order valence-electron chi connectivity index (χ3n) is 3.32. The van der Waals surface area contributed by atoms with E-state index in [1.54, 1.807) is 12.1 Å². The minimum atomic E-state index is -3.30.